The van der Waals surface area contributed by atoms with Gasteiger partial charge < -0.3 is 5.11 Å². The second kappa shape index (κ2) is 2.56. The van der Waals surface area contributed by atoms with Gasteiger partial charge in [-0.25, -0.2) is 4.79 Å². The standard InChI is InChI=1S/C6H10O4/c7-5(10-9)6(8)3-1-2-4-6/h8-9H,1-4H2. The minimum atomic E-state index is -1.41. The maximum Gasteiger partial charge on any atom is 0.373 e. The lowest BCUT2D eigenvalue weighted by Gasteiger charge is -2.15. The summed E-state index contributed by atoms with van der Waals surface area (Å²) in [6, 6.07) is 0. The predicted octanol–water partition coefficient (Wildman–Crippen LogP) is 0.308. The van der Waals surface area contributed by atoms with Crippen molar-refractivity contribution in [3.63, 3.8) is 0 Å². The van der Waals surface area contributed by atoms with Crippen LogP contribution in [0.4, 0.5) is 0 Å². The molecule has 1 saturated carbocycles. The smallest absolute Gasteiger partial charge is 0.373 e. The van der Waals surface area contributed by atoms with Crippen molar-refractivity contribution in [1.29, 1.82) is 0 Å². The Hall–Kier alpha value is -0.610. The van der Waals surface area contributed by atoms with Crippen LogP contribution in [0.3, 0.4) is 0 Å². The number of hydrogen-bond acceptors (Lipinski definition) is 4. The van der Waals surface area contributed by atoms with Gasteiger partial charge in [-0.3, -0.25) is 4.89 Å². The molecule has 1 rings (SSSR count). The molecule has 0 aromatic carbocycles. The normalized spacial score (nSPS) is 22.6. The van der Waals surface area contributed by atoms with Gasteiger partial charge >= 0.3 is 5.97 Å². The van der Waals surface area contributed by atoms with Gasteiger partial charge in [-0.2, -0.15) is 5.26 Å². The van der Waals surface area contributed by atoms with Crippen LogP contribution < -0.4 is 0 Å². The van der Waals surface area contributed by atoms with Crippen molar-refractivity contribution in [2.75, 3.05) is 0 Å². The topological polar surface area (TPSA) is 66.8 Å². The van der Waals surface area contributed by atoms with E-state index in [1.807, 2.05) is 0 Å². The maximum absolute atomic E-state index is 10.6. The zero-order valence-corrected chi connectivity index (χ0v) is 5.54. The SMILES string of the molecule is O=C(OO)C1(O)CCCC1. The molecule has 0 heterocycles. The van der Waals surface area contributed by atoms with E-state index in [9.17, 15) is 9.90 Å². The van der Waals surface area contributed by atoms with E-state index in [2.05, 4.69) is 4.89 Å². The zero-order valence-electron chi connectivity index (χ0n) is 5.54. The quantitative estimate of drug-likeness (QED) is 0.412. The summed E-state index contributed by atoms with van der Waals surface area (Å²) in [5, 5.41) is 17.3. The van der Waals surface area contributed by atoms with E-state index in [4.69, 9.17) is 5.26 Å². The molecule has 0 spiro atoms. The lowest BCUT2D eigenvalue weighted by Crippen LogP contribution is -2.36. The fraction of sp³-hybridized carbons (Fsp3) is 0.833. The van der Waals surface area contributed by atoms with Gasteiger partial charge in [0.1, 0.15) is 0 Å². The molecule has 1 aliphatic rings. The number of carbonyl (C=O) groups excluding carboxylic acids is 1. The van der Waals surface area contributed by atoms with Gasteiger partial charge in [0.2, 0.25) is 0 Å². The first-order valence-corrected chi connectivity index (χ1v) is 3.27. The minimum absolute atomic E-state index is 0.395. The maximum atomic E-state index is 10.6. The number of carbonyl (C=O) groups is 1. The van der Waals surface area contributed by atoms with Gasteiger partial charge in [0, 0.05) is 0 Å². The summed E-state index contributed by atoms with van der Waals surface area (Å²) in [7, 11) is 0. The van der Waals surface area contributed by atoms with Crippen LogP contribution in [-0.4, -0.2) is 21.9 Å². The molecule has 58 valence electrons. The average molecular weight is 146 g/mol. The monoisotopic (exact) mass is 146 g/mol. The van der Waals surface area contributed by atoms with Crippen LogP contribution in [-0.2, 0) is 9.68 Å². The number of rotatable bonds is 1. The van der Waals surface area contributed by atoms with Gasteiger partial charge in [-0.15, -0.1) is 0 Å². The van der Waals surface area contributed by atoms with E-state index in [0.717, 1.165) is 12.8 Å². The van der Waals surface area contributed by atoms with Crippen molar-refractivity contribution in [2.45, 2.75) is 31.3 Å². The molecule has 0 atom stereocenters. The number of aliphatic hydroxyl groups is 1. The molecule has 0 unspecified atom stereocenters. The second-order valence-electron chi connectivity index (χ2n) is 2.62. The third-order valence-electron chi connectivity index (χ3n) is 1.89. The van der Waals surface area contributed by atoms with E-state index in [1.165, 1.54) is 0 Å². The van der Waals surface area contributed by atoms with E-state index in [1.54, 1.807) is 0 Å². The van der Waals surface area contributed by atoms with Gasteiger partial charge in [0.05, 0.1) is 0 Å². The average Bonchev–Trinajstić information content (AvgIpc) is 2.36. The minimum Gasteiger partial charge on any atom is -0.378 e. The van der Waals surface area contributed by atoms with Gasteiger partial charge in [0.25, 0.3) is 0 Å². The highest BCUT2D eigenvalue weighted by atomic mass is 17.1. The summed E-state index contributed by atoms with van der Waals surface area (Å²) in [4.78, 5) is 14.1. The summed E-state index contributed by atoms with van der Waals surface area (Å²) >= 11 is 0. The summed E-state index contributed by atoms with van der Waals surface area (Å²) in [6.45, 7) is 0. The van der Waals surface area contributed by atoms with E-state index < -0.39 is 11.6 Å². The fourth-order valence-electron chi connectivity index (χ4n) is 1.25. The first kappa shape index (κ1) is 7.50. The fourth-order valence-corrected chi connectivity index (χ4v) is 1.25. The molecule has 4 heteroatoms. The van der Waals surface area contributed by atoms with Crippen molar-refractivity contribution in [1.82, 2.24) is 0 Å². The first-order chi connectivity index (χ1) is 4.69. The highest BCUT2D eigenvalue weighted by Gasteiger charge is 2.40. The Bertz CT molecular complexity index is 137. The molecule has 10 heavy (non-hydrogen) atoms. The number of hydrogen-bond donors (Lipinski definition) is 2. The molecule has 0 bridgehead atoms. The third kappa shape index (κ3) is 1.12. The molecule has 0 aliphatic heterocycles. The second-order valence-corrected chi connectivity index (χ2v) is 2.62. The Kier molecular flexibility index (Phi) is 1.92. The zero-order chi connectivity index (χ0) is 7.61. The van der Waals surface area contributed by atoms with Crippen molar-refractivity contribution >= 4 is 5.97 Å². The Balaban J connectivity index is 2.58. The van der Waals surface area contributed by atoms with Crippen molar-refractivity contribution < 1.29 is 20.0 Å². The predicted molar refractivity (Wildman–Crippen MR) is 32.1 cm³/mol. The van der Waals surface area contributed by atoms with Crippen LogP contribution >= 0.6 is 0 Å². The summed E-state index contributed by atoms with van der Waals surface area (Å²) in [6.07, 6.45) is 2.41. The van der Waals surface area contributed by atoms with Crippen molar-refractivity contribution in [3.05, 3.63) is 0 Å². The largest absolute Gasteiger partial charge is 0.378 e. The van der Waals surface area contributed by atoms with E-state index >= 15 is 0 Å². The van der Waals surface area contributed by atoms with Crippen molar-refractivity contribution in [2.24, 2.45) is 0 Å². The lowest BCUT2D eigenvalue weighted by atomic mass is 10.0. The molecule has 2 N–H and O–H groups in total. The van der Waals surface area contributed by atoms with Crippen LogP contribution in [0.2, 0.25) is 0 Å². The highest BCUT2D eigenvalue weighted by molar-refractivity contribution is 5.78. The summed E-state index contributed by atoms with van der Waals surface area (Å²) < 4.78 is 0. The van der Waals surface area contributed by atoms with E-state index in [-0.39, 0.29) is 0 Å². The van der Waals surface area contributed by atoms with Crippen LogP contribution in [0.25, 0.3) is 0 Å². The molecular weight excluding hydrogens is 136 g/mol. The highest BCUT2D eigenvalue weighted by Crippen LogP contribution is 2.30. The molecule has 0 aromatic heterocycles. The molecule has 1 aliphatic carbocycles. The van der Waals surface area contributed by atoms with Crippen LogP contribution in [0, 0.1) is 0 Å². The molecule has 4 nitrogen and oxygen atoms in total. The molecule has 0 saturated heterocycles. The van der Waals surface area contributed by atoms with E-state index in [0.29, 0.717) is 12.8 Å². The third-order valence-corrected chi connectivity index (χ3v) is 1.89. The molecule has 1 fully saturated rings. The Morgan fingerprint density at radius 2 is 1.90 bits per heavy atom. The Morgan fingerprint density at radius 1 is 1.40 bits per heavy atom. The Labute approximate surface area is 58.4 Å². The summed E-state index contributed by atoms with van der Waals surface area (Å²) in [5.74, 6) is -0.926. The van der Waals surface area contributed by atoms with Crippen LogP contribution in [0.5, 0.6) is 0 Å². The van der Waals surface area contributed by atoms with Crippen LogP contribution in [0.1, 0.15) is 25.7 Å². The molecule has 0 radical (unpaired) electrons. The van der Waals surface area contributed by atoms with Gasteiger partial charge in [-0.1, -0.05) is 0 Å². The van der Waals surface area contributed by atoms with Crippen molar-refractivity contribution in [3.8, 4) is 0 Å². The van der Waals surface area contributed by atoms with Gasteiger partial charge in [0.15, 0.2) is 5.60 Å². The summed E-state index contributed by atoms with van der Waals surface area (Å²) in [5.41, 5.74) is -1.41. The molecule has 0 amide bonds. The Morgan fingerprint density at radius 3 is 2.30 bits per heavy atom. The molecule has 0 aromatic rings. The first-order valence-electron chi connectivity index (χ1n) is 3.27. The van der Waals surface area contributed by atoms with Crippen LogP contribution in [0.15, 0.2) is 0 Å². The van der Waals surface area contributed by atoms with Gasteiger partial charge in [-0.05, 0) is 25.7 Å². The lowest BCUT2D eigenvalue weighted by molar-refractivity contribution is -0.251. The molecular formula is C6H10O4.